The molecule has 10 N–H and O–H groups in total. The van der Waals surface area contributed by atoms with Crippen molar-refractivity contribution in [3.05, 3.63) is 65.9 Å². The number of aromatic hydroxyl groups is 1. The van der Waals surface area contributed by atoms with Gasteiger partial charge in [-0.05, 0) is 41.7 Å². The first kappa shape index (κ1) is 32.6. The number of fused-ring (bicyclic) bond motifs is 1. The van der Waals surface area contributed by atoms with Crippen LogP contribution in [0.1, 0.15) is 37.8 Å². The van der Waals surface area contributed by atoms with E-state index in [9.17, 15) is 34.2 Å². The van der Waals surface area contributed by atoms with Crippen LogP contribution in [0.2, 0.25) is 0 Å². The zero-order chi connectivity index (χ0) is 31.7. The Balaban J connectivity index is 1.80. The number of carbonyl (C=O) groups is 5. The van der Waals surface area contributed by atoms with E-state index in [1.54, 1.807) is 32.2 Å². The quantitative estimate of drug-likeness (QED) is 0.123. The van der Waals surface area contributed by atoms with E-state index in [2.05, 4.69) is 20.9 Å². The predicted molar refractivity (Wildman–Crippen MR) is 158 cm³/mol. The Labute approximate surface area is 248 Å². The second-order valence-corrected chi connectivity index (χ2v) is 10.5. The van der Waals surface area contributed by atoms with Gasteiger partial charge < -0.3 is 42.6 Å². The number of nitrogens with one attached hydrogen (secondary N) is 4. The van der Waals surface area contributed by atoms with Gasteiger partial charge in [0.05, 0.1) is 12.5 Å². The zero-order valence-electron chi connectivity index (χ0n) is 24.0. The number of phenolic OH excluding ortho intramolecular Hbond substituents is 1. The van der Waals surface area contributed by atoms with Gasteiger partial charge in [0.15, 0.2) is 0 Å². The van der Waals surface area contributed by atoms with Crippen LogP contribution in [0.15, 0.2) is 54.7 Å². The number of para-hydroxylation sites is 1. The molecule has 4 amide bonds. The summed E-state index contributed by atoms with van der Waals surface area (Å²) in [5.41, 5.74) is 13.8. The normalized spacial score (nSPS) is 14.6. The van der Waals surface area contributed by atoms with Gasteiger partial charge in [0.25, 0.3) is 0 Å². The number of benzene rings is 2. The summed E-state index contributed by atoms with van der Waals surface area (Å²) in [6.45, 7) is 3.40. The molecule has 0 spiro atoms. The lowest BCUT2D eigenvalue weighted by Crippen LogP contribution is -2.59. The Morgan fingerprint density at radius 3 is 2.14 bits per heavy atom. The van der Waals surface area contributed by atoms with Crippen LogP contribution in [-0.4, -0.2) is 69.0 Å². The molecule has 5 unspecified atom stereocenters. The predicted octanol–water partition coefficient (Wildman–Crippen LogP) is 0.447. The third kappa shape index (κ3) is 9.04. The smallest absolute Gasteiger partial charge is 0.326 e. The van der Waals surface area contributed by atoms with Gasteiger partial charge in [-0.25, -0.2) is 4.79 Å². The molecule has 0 aliphatic carbocycles. The third-order valence-electron chi connectivity index (χ3n) is 7.28. The molecule has 0 radical (unpaired) electrons. The van der Waals surface area contributed by atoms with Crippen LogP contribution >= 0.6 is 0 Å². The monoisotopic (exact) mass is 594 g/mol. The number of phenols is 1. The summed E-state index contributed by atoms with van der Waals surface area (Å²) in [6, 6.07) is 8.42. The SMILES string of the molecule is CCC(C)C(NC(=O)C(CC(N)=O)NC(=O)C(Cc1ccc(O)cc1)NC(=O)C(N)Cc1c[nH]c2ccccc12)C(=O)O. The van der Waals surface area contributed by atoms with Crippen molar-refractivity contribution in [1.29, 1.82) is 0 Å². The van der Waals surface area contributed by atoms with E-state index < -0.39 is 66.1 Å². The lowest BCUT2D eigenvalue weighted by molar-refractivity contribution is -0.144. The topological polar surface area (TPSA) is 230 Å². The van der Waals surface area contributed by atoms with E-state index in [-0.39, 0.29) is 18.6 Å². The Morgan fingerprint density at radius 2 is 1.51 bits per heavy atom. The highest BCUT2D eigenvalue weighted by atomic mass is 16.4. The summed E-state index contributed by atoms with van der Waals surface area (Å²) < 4.78 is 0. The number of primary amides is 1. The number of aromatic amines is 1. The Bertz CT molecular complexity index is 1450. The number of H-pyrrole nitrogens is 1. The van der Waals surface area contributed by atoms with Crippen LogP contribution in [-0.2, 0) is 36.8 Å². The first-order valence-corrected chi connectivity index (χ1v) is 13.9. The number of carboxylic acids is 1. The summed E-state index contributed by atoms with van der Waals surface area (Å²) in [5, 5.41) is 27.6. The van der Waals surface area contributed by atoms with E-state index in [4.69, 9.17) is 11.5 Å². The van der Waals surface area contributed by atoms with Crippen molar-refractivity contribution < 1.29 is 34.2 Å². The number of nitrogens with two attached hydrogens (primary N) is 2. The fourth-order valence-corrected chi connectivity index (χ4v) is 4.61. The summed E-state index contributed by atoms with van der Waals surface area (Å²) in [6.07, 6.45) is 1.72. The number of aromatic nitrogens is 1. The highest BCUT2D eigenvalue weighted by Crippen LogP contribution is 2.19. The van der Waals surface area contributed by atoms with Gasteiger partial charge in [-0.15, -0.1) is 0 Å². The highest BCUT2D eigenvalue weighted by Gasteiger charge is 2.33. The summed E-state index contributed by atoms with van der Waals surface area (Å²) in [7, 11) is 0. The molecule has 0 fully saturated rings. The highest BCUT2D eigenvalue weighted by molar-refractivity contribution is 5.96. The van der Waals surface area contributed by atoms with Crippen LogP contribution in [0.3, 0.4) is 0 Å². The van der Waals surface area contributed by atoms with Crippen LogP contribution < -0.4 is 27.4 Å². The number of hydrogen-bond donors (Lipinski definition) is 8. The van der Waals surface area contributed by atoms with Crippen LogP contribution in [0.5, 0.6) is 5.75 Å². The van der Waals surface area contributed by atoms with Gasteiger partial charge in [0.2, 0.25) is 23.6 Å². The molecular weight excluding hydrogens is 556 g/mol. The lowest BCUT2D eigenvalue weighted by atomic mass is 9.98. The lowest BCUT2D eigenvalue weighted by Gasteiger charge is -2.26. The van der Waals surface area contributed by atoms with Gasteiger partial charge in [-0.3, -0.25) is 19.2 Å². The van der Waals surface area contributed by atoms with Crippen molar-refractivity contribution in [3.63, 3.8) is 0 Å². The Hall–Kier alpha value is -4.91. The van der Waals surface area contributed by atoms with Crippen molar-refractivity contribution >= 4 is 40.5 Å². The average molecular weight is 595 g/mol. The van der Waals surface area contributed by atoms with E-state index in [0.717, 1.165) is 16.5 Å². The van der Waals surface area contributed by atoms with Gasteiger partial charge in [0, 0.05) is 23.5 Å². The molecule has 3 rings (SSSR count). The van der Waals surface area contributed by atoms with E-state index in [1.165, 1.54) is 12.1 Å². The minimum atomic E-state index is -1.50. The molecule has 1 heterocycles. The first-order valence-electron chi connectivity index (χ1n) is 13.9. The molecule has 0 saturated carbocycles. The summed E-state index contributed by atoms with van der Waals surface area (Å²) in [4.78, 5) is 66.4. The molecule has 0 aliphatic rings. The van der Waals surface area contributed by atoms with Gasteiger partial charge in [-0.2, -0.15) is 0 Å². The molecule has 3 aromatic rings. The minimum absolute atomic E-state index is 0.00187. The molecule has 0 bridgehead atoms. The maximum absolute atomic E-state index is 13.5. The van der Waals surface area contributed by atoms with Gasteiger partial charge in [0.1, 0.15) is 23.9 Å². The van der Waals surface area contributed by atoms with Crippen LogP contribution in [0.4, 0.5) is 0 Å². The van der Waals surface area contributed by atoms with Crippen LogP contribution in [0.25, 0.3) is 10.9 Å². The van der Waals surface area contributed by atoms with Crippen molar-refractivity contribution in [2.24, 2.45) is 17.4 Å². The average Bonchev–Trinajstić information content (AvgIpc) is 3.37. The number of aliphatic carboxylic acids is 1. The van der Waals surface area contributed by atoms with Crippen LogP contribution in [0, 0.1) is 5.92 Å². The Kier molecular flexibility index (Phi) is 11.2. The maximum atomic E-state index is 13.5. The fraction of sp³-hybridized carbons (Fsp3) is 0.367. The van der Waals surface area contributed by atoms with Crippen molar-refractivity contribution in [1.82, 2.24) is 20.9 Å². The molecular formula is C30H38N6O7. The number of carbonyl (C=O) groups excluding carboxylic acids is 4. The summed E-state index contributed by atoms with van der Waals surface area (Å²) >= 11 is 0. The zero-order valence-corrected chi connectivity index (χ0v) is 24.0. The molecule has 0 saturated heterocycles. The molecule has 230 valence electrons. The number of amides is 4. The molecule has 13 nitrogen and oxygen atoms in total. The molecule has 13 heteroatoms. The Morgan fingerprint density at radius 1 is 0.884 bits per heavy atom. The summed E-state index contributed by atoms with van der Waals surface area (Å²) in [5.74, 6) is -4.98. The number of rotatable bonds is 15. The maximum Gasteiger partial charge on any atom is 0.326 e. The largest absolute Gasteiger partial charge is 0.508 e. The first-order chi connectivity index (χ1) is 20.4. The van der Waals surface area contributed by atoms with Gasteiger partial charge >= 0.3 is 5.97 Å². The van der Waals surface area contributed by atoms with Gasteiger partial charge in [-0.1, -0.05) is 50.6 Å². The van der Waals surface area contributed by atoms with Crippen molar-refractivity contribution in [2.75, 3.05) is 0 Å². The molecule has 2 aromatic carbocycles. The molecule has 1 aromatic heterocycles. The number of carboxylic acid groups (broad SMARTS) is 1. The fourth-order valence-electron chi connectivity index (χ4n) is 4.61. The van der Waals surface area contributed by atoms with E-state index in [1.807, 2.05) is 24.3 Å². The molecule has 43 heavy (non-hydrogen) atoms. The van der Waals surface area contributed by atoms with E-state index >= 15 is 0 Å². The van der Waals surface area contributed by atoms with Crippen molar-refractivity contribution in [2.45, 2.75) is 63.7 Å². The van der Waals surface area contributed by atoms with E-state index in [0.29, 0.717) is 12.0 Å². The second kappa shape index (κ2) is 14.8. The standard InChI is InChI=1S/C30H38N6O7/c1-3-16(2)26(30(42)43)36-29(41)24(14-25(32)38)35-28(40)23(12-17-8-10-19(37)11-9-17)34-27(39)21(31)13-18-15-33-22-7-5-4-6-20(18)22/h4-11,15-16,21,23-24,26,33,37H,3,12-14,31H2,1-2H3,(H2,32,38)(H,34,39)(H,35,40)(H,36,41)(H,42,43). The number of hydrogen-bond acceptors (Lipinski definition) is 7. The van der Waals surface area contributed by atoms with Crippen molar-refractivity contribution in [3.8, 4) is 5.75 Å². The minimum Gasteiger partial charge on any atom is -0.508 e. The third-order valence-corrected chi connectivity index (χ3v) is 7.28. The molecule has 5 atom stereocenters. The second-order valence-electron chi connectivity index (χ2n) is 10.5. The molecule has 0 aliphatic heterocycles.